The number of benzene rings is 2. The molecule has 0 aliphatic rings. The lowest BCUT2D eigenvalue weighted by atomic mass is 10.0. The Bertz CT molecular complexity index is 554. The number of alkyl halides is 1. The third-order valence-electron chi connectivity index (χ3n) is 2.67. The van der Waals surface area contributed by atoms with Crippen molar-refractivity contribution < 1.29 is 13.2 Å². The van der Waals surface area contributed by atoms with E-state index in [1.54, 1.807) is 12.1 Å². The predicted octanol–water partition coefficient (Wildman–Crippen LogP) is 4.63. The molecule has 2 rings (SSSR count). The van der Waals surface area contributed by atoms with Gasteiger partial charge in [0.2, 0.25) is 0 Å². The van der Waals surface area contributed by atoms with Gasteiger partial charge in [-0.3, -0.25) is 0 Å². The molecule has 0 amide bonds. The molecule has 94 valence electrons. The average Bonchev–Trinajstić information content (AvgIpc) is 2.35. The Morgan fingerprint density at radius 1 is 0.889 bits per heavy atom. The Labute approximate surface area is 108 Å². The van der Waals surface area contributed by atoms with E-state index in [-0.39, 0.29) is 17.5 Å². The molecule has 0 spiro atoms. The van der Waals surface area contributed by atoms with Crippen LogP contribution >= 0.6 is 11.6 Å². The van der Waals surface area contributed by atoms with Crippen LogP contribution in [0.4, 0.5) is 13.2 Å². The summed E-state index contributed by atoms with van der Waals surface area (Å²) in [5, 5.41) is -0.734. The highest BCUT2D eigenvalue weighted by atomic mass is 35.5. The van der Waals surface area contributed by atoms with Gasteiger partial charge in [0.25, 0.3) is 0 Å². The lowest BCUT2D eigenvalue weighted by molar-refractivity contribution is 0.497. The van der Waals surface area contributed by atoms with Crippen LogP contribution in [0.2, 0.25) is 0 Å². The maximum atomic E-state index is 13.5. The molecule has 2 aromatic carbocycles. The fraction of sp³-hybridized carbons (Fsp3) is 0.143. The van der Waals surface area contributed by atoms with Crippen molar-refractivity contribution in [3.63, 3.8) is 0 Å². The second-order valence-corrected chi connectivity index (χ2v) is 4.43. The van der Waals surface area contributed by atoms with E-state index in [1.165, 1.54) is 24.3 Å². The molecule has 4 heteroatoms. The zero-order valence-corrected chi connectivity index (χ0v) is 10.1. The van der Waals surface area contributed by atoms with E-state index in [0.29, 0.717) is 0 Å². The molecule has 1 unspecified atom stereocenters. The van der Waals surface area contributed by atoms with Crippen LogP contribution in [0.15, 0.2) is 42.5 Å². The maximum Gasteiger partial charge on any atom is 0.162 e. The molecule has 18 heavy (non-hydrogen) atoms. The van der Waals surface area contributed by atoms with E-state index in [4.69, 9.17) is 11.6 Å². The largest absolute Gasteiger partial charge is 0.207 e. The summed E-state index contributed by atoms with van der Waals surface area (Å²) in [6.07, 6.45) is 0.0338. The minimum atomic E-state index is -0.931. The molecule has 0 aromatic heterocycles. The van der Waals surface area contributed by atoms with Crippen LogP contribution in [0.1, 0.15) is 16.5 Å². The Kier molecular flexibility index (Phi) is 3.92. The maximum absolute atomic E-state index is 13.5. The molecule has 1 atom stereocenters. The first-order chi connectivity index (χ1) is 8.59. The SMILES string of the molecule is Fc1ccccc1C(Cl)Cc1cccc(F)c1F. The lowest BCUT2D eigenvalue weighted by Crippen LogP contribution is -2.02. The van der Waals surface area contributed by atoms with Gasteiger partial charge < -0.3 is 0 Å². The number of hydrogen-bond donors (Lipinski definition) is 0. The fourth-order valence-corrected chi connectivity index (χ4v) is 2.08. The van der Waals surface area contributed by atoms with Gasteiger partial charge >= 0.3 is 0 Å². The van der Waals surface area contributed by atoms with Gasteiger partial charge in [-0.15, -0.1) is 11.6 Å². The van der Waals surface area contributed by atoms with Crippen molar-refractivity contribution in [1.29, 1.82) is 0 Å². The van der Waals surface area contributed by atoms with Crippen molar-refractivity contribution in [2.24, 2.45) is 0 Å². The van der Waals surface area contributed by atoms with Crippen molar-refractivity contribution in [3.8, 4) is 0 Å². The quantitative estimate of drug-likeness (QED) is 0.714. The van der Waals surface area contributed by atoms with Crippen molar-refractivity contribution >= 4 is 11.6 Å². The smallest absolute Gasteiger partial charge is 0.162 e. The summed E-state index contributed by atoms with van der Waals surface area (Å²) in [5.41, 5.74) is 0.418. The van der Waals surface area contributed by atoms with Gasteiger partial charge in [0, 0.05) is 5.56 Å². The van der Waals surface area contributed by atoms with Crippen molar-refractivity contribution in [2.75, 3.05) is 0 Å². The minimum absolute atomic E-state index is 0.0338. The van der Waals surface area contributed by atoms with Crippen LogP contribution in [0.25, 0.3) is 0 Å². The van der Waals surface area contributed by atoms with Crippen molar-refractivity contribution in [1.82, 2.24) is 0 Å². The van der Waals surface area contributed by atoms with E-state index >= 15 is 0 Å². The van der Waals surface area contributed by atoms with Crippen LogP contribution in [-0.4, -0.2) is 0 Å². The summed E-state index contributed by atoms with van der Waals surface area (Å²) in [4.78, 5) is 0. The molecular formula is C14H10ClF3. The molecule has 0 fully saturated rings. The normalized spacial score (nSPS) is 12.4. The summed E-state index contributed by atoms with van der Waals surface area (Å²) in [6.45, 7) is 0. The van der Waals surface area contributed by atoms with E-state index in [9.17, 15) is 13.2 Å². The standard InChI is InChI=1S/C14H10ClF3/c15-11(10-5-1-2-6-12(10)16)8-9-4-3-7-13(17)14(9)18/h1-7,11H,8H2. The highest BCUT2D eigenvalue weighted by Gasteiger charge is 2.16. The van der Waals surface area contributed by atoms with Crippen molar-refractivity contribution in [2.45, 2.75) is 11.8 Å². The van der Waals surface area contributed by atoms with Crippen LogP contribution < -0.4 is 0 Å². The monoisotopic (exact) mass is 270 g/mol. The molecule has 2 aromatic rings. The molecule has 0 heterocycles. The van der Waals surface area contributed by atoms with Crippen molar-refractivity contribution in [3.05, 3.63) is 71.0 Å². The average molecular weight is 271 g/mol. The molecule has 0 radical (unpaired) electrons. The Balaban J connectivity index is 2.24. The van der Waals surface area contributed by atoms with Crippen LogP contribution in [0.3, 0.4) is 0 Å². The highest BCUT2D eigenvalue weighted by molar-refractivity contribution is 6.20. The zero-order chi connectivity index (χ0) is 13.1. The van der Waals surface area contributed by atoms with Gasteiger partial charge in [0.1, 0.15) is 5.82 Å². The molecule has 0 bridgehead atoms. The summed E-state index contributed by atoms with van der Waals surface area (Å²) in [7, 11) is 0. The predicted molar refractivity (Wildman–Crippen MR) is 65.1 cm³/mol. The molecular weight excluding hydrogens is 261 g/mol. The Morgan fingerprint density at radius 2 is 1.56 bits per heavy atom. The van der Waals surface area contributed by atoms with Crippen LogP contribution in [0, 0.1) is 17.5 Å². The summed E-state index contributed by atoms with van der Waals surface area (Å²) in [6, 6.07) is 9.89. The molecule has 0 N–H and O–H groups in total. The number of halogens is 4. The van der Waals surface area contributed by atoms with Gasteiger partial charge in [-0.2, -0.15) is 0 Å². The molecule has 0 saturated carbocycles. The summed E-state index contributed by atoms with van der Waals surface area (Å²) >= 11 is 6.04. The summed E-state index contributed by atoms with van der Waals surface area (Å²) in [5.74, 6) is -2.31. The summed E-state index contributed by atoms with van der Waals surface area (Å²) < 4.78 is 39.9. The Morgan fingerprint density at radius 3 is 2.28 bits per heavy atom. The molecule has 0 aliphatic carbocycles. The first kappa shape index (κ1) is 13.0. The van der Waals surface area contributed by atoms with Crippen LogP contribution in [-0.2, 0) is 6.42 Å². The number of hydrogen-bond acceptors (Lipinski definition) is 0. The van der Waals surface area contributed by atoms with Gasteiger partial charge in [0.15, 0.2) is 11.6 Å². The minimum Gasteiger partial charge on any atom is -0.207 e. The van der Waals surface area contributed by atoms with Gasteiger partial charge in [-0.05, 0) is 24.1 Å². The lowest BCUT2D eigenvalue weighted by Gasteiger charge is -2.11. The second-order valence-electron chi connectivity index (χ2n) is 3.91. The van der Waals surface area contributed by atoms with E-state index < -0.39 is 22.8 Å². The van der Waals surface area contributed by atoms with E-state index in [1.807, 2.05) is 0 Å². The molecule has 0 aliphatic heterocycles. The third-order valence-corrected chi connectivity index (χ3v) is 3.06. The fourth-order valence-electron chi connectivity index (χ4n) is 1.74. The van der Waals surface area contributed by atoms with Crippen LogP contribution in [0.5, 0.6) is 0 Å². The van der Waals surface area contributed by atoms with Gasteiger partial charge in [-0.25, -0.2) is 13.2 Å². The highest BCUT2D eigenvalue weighted by Crippen LogP contribution is 2.28. The van der Waals surface area contributed by atoms with E-state index in [0.717, 1.165) is 6.07 Å². The second kappa shape index (κ2) is 5.44. The zero-order valence-electron chi connectivity index (χ0n) is 9.34. The molecule has 0 saturated heterocycles. The van der Waals surface area contributed by atoms with E-state index in [2.05, 4.69) is 0 Å². The molecule has 0 nitrogen and oxygen atoms in total. The Hall–Kier alpha value is -1.48. The van der Waals surface area contributed by atoms with Gasteiger partial charge in [0.05, 0.1) is 5.38 Å². The number of rotatable bonds is 3. The topological polar surface area (TPSA) is 0 Å². The third kappa shape index (κ3) is 2.67. The van der Waals surface area contributed by atoms with Gasteiger partial charge in [-0.1, -0.05) is 30.3 Å². The first-order valence-electron chi connectivity index (χ1n) is 5.41. The first-order valence-corrected chi connectivity index (χ1v) is 5.84.